The zero-order valence-electron chi connectivity index (χ0n) is 7.07. The number of phenolic OH excluding ortho intramolecular Hbond substituents is 1. The summed E-state index contributed by atoms with van der Waals surface area (Å²) in [6, 6.07) is 4.57. The second-order valence-electron chi connectivity index (χ2n) is 2.83. The van der Waals surface area contributed by atoms with Gasteiger partial charge in [-0.15, -0.1) is 0 Å². The van der Waals surface area contributed by atoms with Crippen molar-refractivity contribution in [2.45, 2.75) is 12.5 Å². The molecule has 0 saturated carbocycles. The Morgan fingerprint density at radius 2 is 2.15 bits per heavy atom. The number of hydrogen-bond acceptors (Lipinski definition) is 3. The van der Waals surface area contributed by atoms with Gasteiger partial charge in [0, 0.05) is 12.6 Å². The Kier molecular flexibility index (Phi) is 3.54. The summed E-state index contributed by atoms with van der Waals surface area (Å²) in [5.41, 5.74) is 6.54. The molecule has 0 heterocycles. The monoisotopic (exact) mass is 201 g/mol. The summed E-state index contributed by atoms with van der Waals surface area (Å²) < 4.78 is 0. The van der Waals surface area contributed by atoms with Gasteiger partial charge in [0.15, 0.2) is 0 Å². The van der Waals surface area contributed by atoms with Crippen LogP contribution in [-0.2, 0) is 0 Å². The molecule has 0 fully saturated rings. The highest BCUT2D eigenvalue weighted by Crippen LogP contribution is 2.26. The molecule has 3 nitrogen and oxygen atoms in total. The van der Waals surface area contributed by atoms with Crippen molar-refractivity contribution >= 4 is 11.6 Å². The van der Waals surface area contributed by atoms with E-state index in [1.807, 2.05) is 0 Å². The van der Waals surface area contributed by atoms with E-state index in [1.165, 1.54) is 6.07 Å². The number of rotatable bonds is 3. The summed E-state index contributed by atoms with van der Waals surface area (Å²) in [4.78, 5) is 0. The number of phenols is 1. The molecule has 0 radical (unpaired) electrons. The molecule has 0 amide bonds. The second-order valence-corrected chi connectivity index (χ2v) is 3.24. The standard InChI is InChI=1S/C9H12ClNO2/c10-7-5-6(1-2-9(7)13)8(11)3-4-12/h1-2,5,8,12-13H,3-4,11H2/t8-/m1/s1. The maximum absolute atomic E-state index is 9.13. The lowest BCUT2D eigenvalue weighted by Crippen LogP contribution is -2.11. The molecule has 1 aromatic rings. The van der Waals surface area contributed by atoms with Gasteiger partial charge in [0.1, 0.15) is 5.75 Å². The SMILES string of the molecule is N[C@H](CCO)c1ccc(O)c(Cl)c1. The molecule has 4 N–H and O–H groups in total. The third-order valence-electron chi connectivity index (χ3n) is 1.84. The summed E-state index contributed by atoms with van der Waals surface area (Å²) in [6.45, 7) is 0.0413. The van der Waals surface area contributed by atoms with Crippen LogP contribution in [-0.4, -0.2) is 16.8 Å². The Hall–Kier alpha value is -0.770. The highest BCUT2D eigenvalue weighted by molar-refractivity contribution is 6.32. The van der Waals surface area contributed by atoms with Crippen LogP contribution in [0.1, 0.15) is 18.0 Å². The second kappa shape index (κ2) is 4.46. The smallest absolute Gasteiger partial charge is 0.134 e. The number of aromatic hydroxyl groups is 1. The van der Waals surface area contributed by atoms with Crippen molar-refractivity contribution in [3.8, 4) is 5.75 Å². The summed E-state index contributed by atoms with van der Waals surface area (Å²) in [5, 5.41) is 18.1. The highest BCUT2D eigenvalue weighted by Gasteiger charge is 2.07. The molecule has 0 unspecified atom stereocenters. The summed E-state index contributed by atoms with van der Waals surface area (Å²) in [6.07, 6.45) is 0.487. The minimum atomic E-state index is -0.233. The predicted molar refractivity (Wildman–Crippen MR) is 51.7 cm³/mol. The first-order valence-corrected chi connectivity index (χ1v) is 4.38. The molecular formula is C9H12ClNO2. The van der Waals surface area contributed by atoms with Crippen molar-refractivity contribution in [2.24, 2.45) is 5.73 Å². The summed E-state index contributed by atoms with van der Waals surface area (Å²) >= 11 is 5.69. The van der Waals surface area contributed by atoms with Crippen molar-refractivity contribution in [3.05, 3.63) is 28.8 Å². The topological polar surface area (TPSA) is 66.5 Å². The van der Waals surface area contributed by atoms with Gasteiger partial charge in [-0.1, -0.05) is 17.7 Å². The van der Waals surface area contributed by atoms with Gasteiger partial charge in [0.2, 0.25) is 0 Å². The molecule has 0 saturated heterocycles. The van der Waals surface area contributed by atoms with Gasteiger partial charge < -0.3 is 15.9 Å². The van der Waals surface area contributed by atoms with Crippen LogP contribution in [0.15, 0.2) is 18.2 Å². The lowest BCUT2D eigenvalue weighted by molar-refractivity contribution is 0.276. The van der Waals surface area contributed by atoms with Gasteiger partial charge >= 0.3 is 0 Å². The Morgan fingerprint density at radius 1 is 1.46 bits per heavy atom. The fourth-order valence-electron chi connectivity index (χ4n) is 1.06. The zero-order valence-corrected chi connectivity index (χ0v) is 7.83. The van der Waals surface area contributed by atoms with Gasteiger partial charge in [-0.05, 0) is 24.1 Å². The van der Waals surface area contributed by atoms with E-state index < -0.39 is 0 Å². The largest absolute Gasteiger partial charge is 0.506 e. The molecule has 13 heavy (non-hydrogen) atoms. The van der Waals surface area contributed by atoms with Crippen molar-refractivity contribution in [1.82, 2.24) is 0 Å². The van der Waals surface area contributed by atoms with E-state index in [0.29, 0.717) is 6.42 Å². The molecule has 1 rings (SSSR count). The van der Waals surface area contributed by atoms with E-state index in [9.17, 15) is 0 Å². The molecule has 0 spiro atoms. The number of aliphatic hydroxyl groups excluding tert-OH is 1. The minimum absolute atomic E-state index is 0.0413. The molecule has 1 atom stereocenters. The minimum Gasteiger partial charge on any atom is -0.506 e. The van der Waals surface area contributed by atoms with Crippen molar-refractivity contribution in [3.63, 3.8) is 0 Å². The number of halogens is 1. The normalized spacial score (nSPS) is 12.8. The number of aliphatic hydroxyl groups is 1. The van der Waals surface area contributed by atoms with Crippen LogP contribution in [0.5, 0.6) is 5.75 Å². The quantitative estimate of drug-likeness (QED) is 0.693. The van der Waals surface area contributed by atoms with Gasteiger partial charge in [0.25, 0.3) is 0 Å². The third-order valence-corrected chi connectivity index (χ3v) is 2.14. The first-order valence-electron chi connectivity index (χ1n) is 4.00. The van der Waals surface area contributed by atoms with Crippen molar-refractivity contribution in [1.29, 1.82) is 0 Å². The lowest BCUT2D eigenvalue weighted by Gasteiger charge is -2.10. The van der Waals surface area contributed by atoms with E-state index in [0.717, 1.165) is 5.56 Å². The zero-order chi connectivity index (χ0) is 9.84. The molecule has 0 bridgehead atoms. The van der Waals surface area contributed by atoms with Crippen LogP contribution in [0.4, 0.5) is 0 Å². The van der Waals surface area contributed by atoms with Crippen LogP contribution < -0.4 is 5.73 Å². The Morgan fingerprint density at radius 3 is 2.69 bits per heavy atom. The van der Waals surface area contributed by atoms with Gasteiger partial charge in [-0.3, -0.25) is 0 Å². The molecule has 0 aliphatic rings. The van der Waals surface area contributed by atoms with Crippen LogP contribution in [0.25, 0.3) is 0 Å². The molecule has 1 aromatic carbocycles. The molecule has 0 aliphatic heterocycles. The highest BCUT2D eigenvalue weighted by atomic mass is 35.5. The van der Waals surface area contributed by atoms with Crippen LogP contribution in [0.2, 0.25) is 5.02 Å². The lowest BCUT2D eigenvalue weighted by atomic mass is 10.1. The first-order chi connectivity index (χ1) is 6.15. The van der Waals surface area contributed by atoms with Crippen LogP contribution >= 0.6 is 11.6 Å². The average Bonchev–Trinajstić information content (AvgIpc) is 2.10. The van der Waals surface area contributed by atoms with Crippen molar-refractivity contribution in [2.75, 3.05) is 6.61 Å². The molecule has 72 valence electrons. The summed E-state index contributed by atoms with van der Waals surface area (Å²) in [7, 11) is 0. The van der Waals surface area contributed by atoms with E-state index in [1.54, 1.807) is 12.1 Å². The molecule has 0 aliphatic carbocycles. The van der Waals surface area contributed by atoms with E-state index in [-0.39, 0.29) is 23.4 Å². The molecular weight excluding hydrogens is 190 g/mol. The Balaban J connectivity index is 2.84. The maximum atomic E-state index is 9.13. The van der Waals surface area contributed by atoms with E-state index >= 15 is 0 Å². The van der Waals surface area contributed by atoms with Gasteiger partial charge in [0.05, 0.1) is 5.02 Å². The van der Waals surface area contributed by atoms with Crippen LogP contribution in [0.3, 0.4) is 0 Å². The molecule has 0 aromatic heterocycles. The van der Waals surface area contributed by atoms with Crippen molar-refractivity contribution < 1.29 is 10.2 Å². The first kappa shape index (κ1) is 10.3. The fraction of sp³-hybridized carbons (Fsp3) is 0.333. The Bertz CT molecular complexity index is 291. The summed E-state index contributed by atoms with van der Waals surface area (Å²) in [5.74, 6) is 0.0432. The predicted octanol–water partition coefficient (Wildman–Crippen LogP) is 1.43. The van der Waals surface area contributed by atoms with Gasteiger partial charge in [-0.25, -0.2) is 0 Å². The average molecular weight is 202 g/mol. The molecule has 4 heteroatoms. The third kappa shape index (κ3) is 2.59. The van der Waals surface area contributed by atoms with E-state index in [2.05, 4.69) is 0 Å². The number of hydrogen-bond donors (Lipinski definition) is 3. The van der Waals surface area contributed by atoms with E-state index in [4.69, 9.17) is 27.5 Å². The fourth-order valence-corrected chi connectivity index (χ4v) is 1.25. The maximum Gasteiger partial charge on any atom is 0.134 e. The van der Waals surface area contributed by atoms with Crippen LogP contribution in [0, 0.1) is 0 Å². The number of nitrogens with two attached hydrogens (primary N) is 1. The van der Waals surface area contributed by atoms with Gasteiger partial charge in [-0.2, -0.15) is 0 Å². The Labute approximate surface area is 81.8 Å². The number of benzene rings is 1.